The highest BCUT2D eigenvalue weighted by atomic mass is 35.5. The molecule has 164 valence electrons. The van der Waals surface area contributed by atoms with Gasteiger partial charge in [-0.3, -0.25) is 9.59 Å². The van der Waals surface area contributed by atoms with Crippen LogP contribution in [-0.4, -0.2) is 27.4 Å². The number of aryl methyl sites for hydroxylation is 2. The number of ether oxygens (including phenoxy) is 1. The van der Waals surface area contributed by atoms with Crippen molar-refractivity contribution in [1.29, 1.82) is 0 Å². The Hall–Kier alpha value is -3.58. The van der Waals surface area contributed by atoms with E-state index in [-0.39, 0.29) is 11.5 Å². The SMILES string of the molecule is COc1ccc(NC(=O)C(C)n2c(C)c3cnn(-c4ccccc4)c(=O)c3c2C)cc1Cl. The molecule has 1 atom stereocenters. The monoisotopic (exact) mass is 450 g/mol. The number of fused-ring (bicyclic) bond motifs is 1. The zero-order valence-electron chi connectivity index (χ0n) is 18.2. The molecule has 4 rings (SSSR count). The molecule has 7 nitrogen and oxygen atoms in total. The number of hydrogen-bond donors (Lipinski definition) is 1. The number of carbonyl (C=O) groups is 1. The minimum Gasteiger partial charge on any atom is -0.495 e. The van der Waals surface area contributed by atoms with Crippen LogP contribution in [0.1, 0.15) is 24.4 Å². The van der Waals surface area contributed by atoms with Crippen LogP contribution >= 0.6 is 11.6 Å². The average molecular weight is 451 g/mol. The standard InChI is InChI=1S/C24H23ClN4O3/c1-14-19-13-26-29(18-8-6-5-7-9-18)24(31)22(19)15(2)28(14)16(3)23(30)27-17-10-11-21(32-4)20(25)12-17/h5-13,16H,1-4H3,(H,27,30). The third-order valence-electron chi connectivity index (χ3n) is 5.64. The van der Waals surface area contributed by atoms with Crippen LogP contribution in [0.2, 0.25) is 5.02 Å². The van der Waals surface area contributed by atoms with Crippen LogP contribution in [0.15, 0.2) is 59.5 Å². The van der Waals surface area contributed by atoms with Crippen LogP contribution in [0.25, 0.3) is 16.5 Å². The Kier molecular flexibility index (Phi) is 5.76. The second-order valence-electron chi connectivity index (χ2n) is 7.54. The van der Waals surface area contributed by atoms with Gasteiger partial charge in [0, 0.05) is 22.5 Å². The summed E-state index contributed by atoms with van der Waals surface area (Å²) in [5, 5.41) is 8.92. The van der Waals surface area contributed by atoms with Crippen molar-refractivity contribution in [2.45, 2.75) is 26.8 Å². The predicted molar refractivity (Wildman–Crippen MR) is 126 cm³/mol. The molecule has 32 heavy (non-hydrogen) atoms. The van der Waals surface area contributed by atoms with Crippen LogP contribution in [0.3, 0.4) is 0 Å². The van der Waals surface area contributed by atoms with Crippen molar-refractivity contribution in [3.63, 3.8) is 0 Å². The summed E-state index contributed by atoms with van der Waals surface area (Å²) in [6, 6.07) is 13.8. The molecule has 1 unspecified atom stereocenters. The van der Waals surface area contributed by atoms with Gasteiger partial charge in [0.2, 0.25) is 5.91 Å². The Bertz CT molecular complexity index is 1380. The second kappa shape index (κ2) is 8.51. The number of rotatable bonds is 5. The smallest absolute Gasteiger partial charge is 0.281 e. The van der Waals surface area contributed by atoms with E-state index in [1.165, 1.54) is 11.8 Å². The molecular formula is C24H23ClN4O3. The molecule has 0 saturated heterocycles. The predicted octanol–water partition coefficient (Wildman–Crippen LogP) is 4.67. The molecule has 0 radical (unpaired) electrons. The van der Waals surface area contributed by atoms with E-state index in [2.05, 4.69) is 10.4 Å². The number of methoxy groups -OCH3 is 1. The Balaban J connectivity index is 1.72. The molecule has 4 aromatic rings. The summed E-state index contributed by atoms with van der Waals surface area (Å²) in [6.45, 7) is 5.53. The largest absolute Gasteiger partial charge is 0.495 e. The van der Waals surface area contributed by atoms with Crippen LogP contribution in [-0.2, 0) is 4.79 Å². The van der Waals surface area contributed by atoms with Gasteiger partial charge in [0.25, 0.3) is 5.56 Å². The Morgan fingerprint density at radius 2 is 1.84 bits per heavy atom. The first-order chi connectivity index (χ1) is 15.3. The lowest BCUT2D eigenvalue weighted by molar-refractivity contribution is -0.118. The lowest BCUT2D eigenvalue weighted by Gasteiger charge is -2.18. The first-order valence-electron chi connectivity index (χ1n) is 10.1. The highest BCUT2D eigenvalue weighted by Crippen LogP contribution is 2.29. The first-order valence-corrected chi connectivity index (χ1v) is 10.5. The maximum atomic E-state index is 13.3. The van der Waals surface area contributed by atoms with Gasteiger partial charge in [-0.2, -0.15) is 9.78 Å². The summed E-state index contributed by atoms with van der Waals surface area (Å²) < 4.78 is 8.40. The average Bonchev–Trinajstić information content (AvgIpc) is 3.04. The summed E-state index contributed by atoms with van der Waals surface area (Å²) in [7, 11) is 1.53. The molecule has 1 N–H and O–H groups in total. The number of para-hydroxylation sites is 1. The van der Waals surface area contributed by atoms with Crippen molar-refractivity contribution in [2.24, 2.45) is 0 Å². The number of halogens is 1. The molecule has 0 aliphatic heterocycles. The molecule has 0 fully saturated rings. The van der Waals surface area contributed by atoms with Crippen molar-refractivity contribution in [1.82, 2.24) is 14.3 Å². The molecular weight excluding hydrogens is 428 g/mol. The fourth-order valence-electron chi connectivity index (χ4n) is 4.02. The maximum absolute atomic E-state index is 13.3. The summed E-state index contributed by atoms with van der Waals surface area (Å²) in [5.74, 6) is 0.303. The van der Waals surface area contributed by atoms with Gasteiger partial charge in [-0.15, -0.1) is 0 Å². The number of aromatic nitrogens is 3. The molecule has 0 spiro atoms. The van der Waals surface area contributed by atoms with Gasteiger partial charge in [-0.25, -0.2) is 0 Å². The quantitative estimate of drug-likeness (QED) is 0.479. The molecule has 1 amide bonds. The van der Waals surface area contributed by atoms with E-state index >= 15 is 0 Å². The number of amides is 1. The number of nitrogens with one attached hydrogen (secondary N) is 1. The molecule has 0 aliphatic carbocycles. The molecule has 2 heterocycles. The van der Waals surface area contributed by atoms with E-state index in [1.54, 1.807) is 31.3 Å². The van der Waals surface area contributed by atoms with Crippen molar-refractivity contribution in [3.05, 3.63) is 81.5 Å². The Labute approximate surface area is 190 Å². The third kappa shape index (κ3) is 3.65. The van der Waals surface area contributed by atoms with Gasteiger partial charge in [-0.1, -0.05) is 29.8 Å². The van der Waals surface area contributed by atoms with Crippen LogP contribution in [0.4, 0.5) is 5.69 Å². The lowest BCUT2D eigenvalue weighted by Crippen LogP contribution is -2.25. The van der Waals surface area contributed by atoms with E-state index < -0.39 is 6.04 Å². The van der Waals surface area contributed by atoms with Crippen molar-refractivity contribution >= 4 is 34.0 Å². The summed E-state index contributed by atoms with van der Waals surface area (Å²) in [4.78, 5) is 26.3. The molecule has 8 heteroatoms. The summed E-state index contributed by atoms with van der Waals surface area (Å²) in [5.41, 5.74) is 2.55. The van der Waals surface area contributed by atoms with Gasteiger partial charge in [0.1, 0.15) is 11.8 Å². The molecule has 2 aromatic heterocycles. The maximum Gasteiger partial charge on any atom is 0.281 e. The van der Waals surface area contributed by atoms with E-state index in [0.717, 1.165) is 11.1 Å². The Morgan fingerprint density at radius 3 is 2.50 bits per heavy atom. The van der Waals surface area contributed by atoms with Gasteiger partial charge in [-0.05, 0) is 51.1 Å². The minimum atomic E-state index is -0.562. The number of benzene rings is 2. The summed E-state index contributed by atoms with van der Waals surface area (Å²) in [6.07, 6.45) is 1.68. The third-order valence-corrected chi connectivity index (χ3v) is 5.93. The Morgan fingerprint density at radius 1 is 1.12 bits per heavy atom. The number of anilines is 1. The molecule has 0 bridgehead atoms. The first kappa shape index (κ1) is 21.6. The highest BCUT2D eigenvalue weighted by molar-refractivity contribution is 6.32. The zero-order chi connectivity index (χ0) is 23.0. The molecule has 2 aromatic carbocycles. The zero-order valence-corrected chi connectivity index (χ0v) is 19.0. The van der Waals surface area contributed by atoms with Crippen molar-refractivity contribution in [3.8, 4) is 11.4 Å². The minimum absolute atomic E-state index is 0.220. The summed E-state index contributed by atoms with van der Waals surface area (Å²) >= 11 is 6.17. The van der Waals surface area contributed by atoms with Gasteiger partial charge in [0.15, 0.2) is 0 Å². The fraction of sp³-hybridized carbons (Fsp3) is 0.208. The van der Waals surface area contributed by atoms with E-state index in [1.807, 2.05) is 48.7 Å². The van der Waals surface area contributed by atoms with Crippen molar-refractivity contribution < 1.29 is 9.53 Å². The fourth-order valence-corrected chi connectivity index (χ4v) is 4.28. The molecule has 0 saturated carbocycles. The van der Waals surface area contributed by atoms with Gasteiger partial charge >= 0.3 is 0 Å². The van der Waals surface area contributed by atoms with E-state index in [0.29, 0.717) is 33.2 Å². The normalized spacial score (nSPS) is 12.0. The van der Waals surface area contributed by atoms with E-state index in [9.17, 15) is 9.59 Å². The van der Waals surface area contributed by atoms with E-state index in [4.69, 9.17) is 16.3 Å². The lowest BCUT2D eigenvalue weighted by atomic mass is 10.2. The highest BCUT2D eigenvalue weighted by Gasteiger charge is 2.24. The van der Waals surface area contributed by atoms with Crippen molar-refractivity contribution in [2.75, 3.05) is 12.4 Å². The number of hydrogen-bond acceptors (Lipinski definition) is 4. The van der Waals surface area contributed by atoms with Crippen LogP contribution in [0.5, 0.6) is 5.75 Å². The second-order valence-corrected chi connectivity index (χ2v) is 7.95. The van der Waals surface area contributed by atoms with Crippen LogP contribution in [0, 0.1) is 13.8 Å². The topological polar surface area (TPSA) is 78.2 Å². The van der Waals surface area contributed by atoms with Crippen LogP contribution < -0.4 is 15.6 Å². The molecule has 0 aliphatic rings. The number of carbonyl (C=O) groups excluding carboxylic acids is 1. The van der Waals surface area contributed by atoms with Gasteiger partial charge in [0.05, 0.1) is 29.4 Å². The number of nitrogens with zero attached hydrogens (tertiary/aromatic N) is 3. The van der Waals surface area contributed by atoms with Gasteiger partial charge < -0.3 is 14.6 Å².